The fourth-order valence-electron chi connectivity index (χ4n) is 13.1. The minimum Gasteiger partial charge on any atom is -0.480 e. The number of nitrogens with zero attached hydrogens (tertiary/aromatic N) is 3. The average Bonchev–Trinajstić information content (AvgIpc) is 1.54. The third kappa shape index (κ3) is 30.1. The maximum Gasteiger partial charge on any atom is 0.335 e. The smallest absolute Gasteiger partial charge is 0.335 e. The van der Waals surface area contributed by atoms with Gasteiger partial charge in [-0.2, -0.15) is 0 Å². The second-order valence-corrected chi connectivity index (χ2v) is 29.4. The number of aliphatic carboxylic acids is 2. The van der Waals surface area contributed by atoms with Crippen LogP contribution in [-0.2, 0) is 104 Å². The van der Waals surface area contributed by atoms with Gasteiger partial charge in [0.15, 0.2) is 0 Å². The second kappa shape index (κ2) is 48.4. The van der Waals surface area contributed by atoms with E-state index in [1.807, 2.05) is 0 Å². The molecule has 0 unspecified atom stereocenters. The number of anilines is 2. The van der Waals surface area contributed by atoms with Crippen LogP contribution in [0.3, 0.4) is 0 Å². The highest BCUT2D eigenvalue weighted by Crippen LogP contribution is 2.43. The molecule has 13 amide bonds. The zero-order valence-corrected chi connectivity index (χ0v) is 67.6. The van der Waals surface area contributed by atoms with Crippen LogP contribution in [0.5, 0.6) is 0 Å². The van der Waals surface area contributed by atoms with E-state index in [1.54, 1.807) is 84.9 Å². The summed E-state index contributed by atoms with van der Waals surface area (Å²) >= 11 is 24.4. The first-order valence-electron chi connectivity index (χ1n) is 38.2. The van der Waals surface area contributed by atoms with Gasteiger partial charge in [-0.05, 0) is 105 Å². The Kier molecular flexibility index (Phi) is 38.8. The highest BCUT2D eigenvalue weighted by Gasteiger charge is 2.44. The van der Waals surface area contributed by atoms with E-state index in [2.05, 4.69) is 42.1 Å². The first-order valence-corrected chi connectivity index (χ1v) is 39.7. The summed E-state index contributed by atoms with van der Waals surface area (Å²) in [5.41, 5.74) is 6.94. The van der Waals surface area contributed by atoms with E-state index in [9.17, 15) is 86.9 Å². The SMILES string of the molecule is NCCC1(C(=O)N[C@@H](Cc2ccc(NC(=O)c3c(Cl)cccc3Cl)cc2)C(=O)O)CCCC1.O=C(CCN1C(=O)C=CC1=O)NCCOCCOCCC(=O)ON1C(=O)CCC1=O.O=C(CCOCCOCCNC(=O)CCN1C(=O)C=CC1=O)NCCC1(C(=O)N[C@@H](Cc2ccc(NC(=O)c3c(Cl)cccc3Cl)cc2)C(=O)O)CCCC1. The van der Waals surface area contributed by atoms with E-state index in [0.29, 0.717) is 59.8 Å². The first-order chi connectivity index (χ1) is 56.5. The molecule has 3 aliphatic heterocycles. The molecule has 3 fully saturated rings. The number of carbonyl (C=O) groups is 16. The van der Waals surface area contributed by atoms with E-state index in [4.69, 9.17) is 71.1 Å². The number of ether oxygens (including phenoxy) is 4. The highest BCUT2D eigenvalue weighted by atomic mass is 35.5. The molecule has 1 saturated heterocycles. The van der Waals surface area contributed by atoms with Gasteiger partial charge in [0.25, 0.3) is 47.3 Å². The number of imide groups is 3. The summed E-state index contributed by atoms with van der Waals surface area (Å²) in [5, 5.41) is 40.0. The monoisotopic (exact) mass is 1720 g/mol. The number of nitrogens with one attached hydrogen (secondary N) is 7. The molecule has 0 aromatic heterocycles. The molecule has 2 atom stereocenters. The van der Waals surface area contributed by atoms with Gasteiger partial charge in [0.2, 0.25) is 29.5 Å². The van der Waals surface area contributed by atoms with Crippen molar-refractivity contribution in [1.29, 1.82) is 0 Å². The van der Waals surface area contributed by atoms with Crippen molar-refractivity contribution in [2.45, 2.75) is 128 Å². The fraction of sp³-hybridized carbons (Fsp3) is 0.450. The number of benzene rings is 4. The summed E-state index contributed by atoms with van der Waals surface area (Å²) in [6.45, 7) is 2.75. The molecule has 5 aliphatic rings. The maximum atomic E-state index is 13.6. The van der Waals surface area contributed by atoms with Crippen molar-refractivity contribution in [3.05, 3.63) is 152 Å². The molecule has 34 nitrogen and oxygen atoms in total. The topological polar surface area (TPSA) is 480 Å². The average molecular weight is 1720 g/mol. The second-order valence-electron chi connectivity index (χ2n) is 27.8. The molecule has 0 bridgehead atoms. The lowest BCUT2D eigenvalue weighted by atomic mass is 9.81. The van der Waals surface area contributed by atoms with Crippen LogP contribution in [0.2, 0.25) is 20.1 Å². The number of rotatable bonds is 44. The van der Waals surface area contributed by atoms with E-state index < -0.39 is 88.1 Å². The number of carboxylic acids is 2. The lowest BCUT2D eigenvalue weighted by Gasteiger charge is -2.29. The van der Waals surface area contributed by atoms with Crippen molar-refractivity contribution >= 4 is 152 Å². The van der Waals surface area contributed by atoms with Crippen LogP contribution in [0.15, 0.2) is 109 Å². The van der Waals surface area contributed by atoms with Gasteiger partial charge in [-0.3, -0.25) is 72.1 Å². The lowest BCUT2D eigenvalue weighted by Crippen LogP contribution is -2.49. The van der Waals surface area contributed by atoms with E-state index >= 15 is 0 Å². The Hall–Kier alpha value is -10.6. The number of carboxylic acid groups (broad SMARTS) is 2. The lowest BCUT2D eigenvalue weighted by molar-refractivity contribution is -0.198. The van der Waals surface area contributed by atoms with Gasteiger partial charge in [0.1, 0.15) is 12.1 Å². The molecule has 4 aromatic carbocycles. The standard InChI is InChI=1S/C38H45Cl2N5O10.C24H27Cl2N3O4.C18H23N3O9/c39-27-4-3-5-28(40)34(27)35(50)43-26-8-6-25(7-9-26)24-29(36(51)52)44-37(53)38(14-1-2-15-38)16-17-41-31(47)13-20-54-22-23-55-21-18-42-30(46)12-19-45-32(48)10-11-33(45)49;25-17-4-3-5-18(26)20(17)21(30)28-16-8-6-15(7-9-16)14-19(22(31)32)29-23(33)24(12-13-27)10-1-2-11-24;22-13(5-8-20-14(23)1-2-15(20)24)19-7-10-29-12-11-28-9-6-18(27)30-21-16(25)3-4-17(21)26/h3-11,29H,1-2,12-24H2,(H,41,47)(H,42,46)(H,43,50)(H,44,53)(H,51,52);3-9,19H,1-2,10-14,27H2,(H,28,30)(H,29,33)(H,31,32);1-2H,3-12H2,(H,19,22)/t29-;19-;/m00./s1. The molecule has 4 aromatic rings. The number of halogens is 4. The molecule has 2 aliphatic carbocycles. The third-order valence-electron chi connectivity index (χ3n) is 19.5. The Morgan fingerprint density at radius 1 is 0.441 bits per heavy atom. The van der Waals surface area contributed by atoms with E-state index in [1.165, 1.54) is 0 Å². The van der Waals surface area contributed by atoms with Crippen molar-refractivity contribution < 1.29 is 111 Å². The van der Waals surface area contributed by atoms with Gasteiger partial charge in [0.05, 0.1) is 101 Å². The summed E-state index contributed by atoms with van der Waals surface area (Å²) in [6, 6.07) is 20.6. The van der Waals surface area contributed by atoms with Gasteiger partial charge >= 0.3 is 17.9 Å². The molecule has 9 rings (SSSR count). The largest absolute Gasteiger partial charge is 0.480 e. The minimum atomic E-state index is -1.19. The number of carbonyl (C=O) groups excluding carboxylic acids is 14. The van der Waals surface area contributed by atoms with Gasteiger partial charge in [-0.15, -0.1) is 5.06 Å². The van der Waals surface area contributed by atoms with Crippen molar-refractivity contribution in [3.63, 3.8) is 0 Å². The maximum absolute atomic E-state index is 13.6. The third-order valence-corrected chi connectivity index (χ3v) is 20.7. The van der Waals surface area contributed by atoms with Crippen LogP contribution in [0.4, 0.5) is 11.4 Å². The fourth-order valence-corrected chi connectivity index (χ4v) is 14.2. The van der Waals surface area contributed by atoms with E-state index in [-0.39, 0.29) is 198 Å². The molecule has 118 heavy (non-hydrogen) atoms. The molecule has 636 valence electrons. The first kappa shape index (κ1) is 94.6. The molecular formula is C80H95Cl4N11O23. The van der Waals surface area contributed by atoms with Crippen LogP contribution >= 0.6 is 46.4 Å². The molecular weight excluding hydrogens is 1620 g/mol. The van der Waals surface area contributed by atoms with Gasteiger partial charge in [-0.1, -0.05) is 108 Å². The van der Waals surface area contributed by atoms with Gasteiger partial charge in [-0.25, -0.2) is 14.4 Å². The van der Waals surface area contributed by atoms with Crippen LogP contribution in [-0.4, -0.2) is 224 Å². The Balaban J connectivity index is 0.000000261. The van der Waals surface area contributed by atoms with Crippen LogP contribution in [0, 0.1) is 10.8 Å². The van der Waals surface area contributed by atoms with Gasteiger partial charge in [0, 0.05) is 113 Å². The molecule has 0 radical (unpaired) electrons. The summed E-state index contributed by atoms with van der Waals surface area (Å²) < 4.78 is 21.3. The summed E-state index contributed by atoms with van der Waals surface area (Å²) in [4.78, 5) is 198. The molecule has 0 spiro atoms. The quantitative estimate of drug-likeness (QED) is 0.0179. The number of nitrogens with two attached hydrogens (primary N) is 1. The summed E-state index contributed by atoms with van der Waals surface area (Å²) in [7, 11) is 0. The minimum absolute atomic E-state index is 0.00506. The van der Waals surface area contributed by atoms with Crippen molar-refractivity contribution in [2.24, 2.45) is 16.6 Å². The Morgan fingerprint density at radius 3 is 1.16 bits per heavy atom. The number of hydroxylamine groups is 2. The number of hydrogen-bond donors (Lipinski definition) is 10. The van der Waals surface area contributed by atoms with Crippen LogP contribution in [0.1, 0.15) is 135 Å². The normalized spacial score (nSPS) is 15.5. The molecule has 11 N–H and O–H groups in total. The molecule has 38 heteroatoms. The van der Waals surface area contributed by atoms with Crippen molar-refractivity contribution in [1.82, 2.24) is 41.4 Å². The summed E-state index contributed by atoms with van der Waals surface area (Å²) in [6.07, 6.45) is 11.9. The number of hydrogen-bond acceptors (Lipinski definition) is 22. The Morgan fingerprint density at radius 2 is 0.788 bits per heavy atom. The number of amides is 13. The van der Waals surface area contributed by atoms with Crippen molar-refractivity contribution in [3.8, 4) is 0 Å². The zero-order valence-electron chi connectivity index (χ0n) is 64.6. The predicted octanol–water partition coefficient (Wildman–Crippen LogP) is 5.99. The van der Waals surface area contributed by atoms with Crippen LogP contribution < -0.4 is 43.0 Å². The Labute approximate surface area is 699 Å². The predicted molar refractivity (Wildman–Crippen MR) is 428 cm³/mol. The molecule has 3 heterocycles. The highest BCUT2D eigenvalue weighted by molar-refractivity contribution is 6.41. The van der Waals surface area contributed by atoms with Gasteiger partial charge < -0.3 is 76.9 Å². The van der Waals surface area contributed by atoms with Crippen LogP contribution in [0.25, 0.3) is 0 Å². The molecule has 2 saturated carbocycles. The Bertz CT molecular complexity index is 4230. The summed E-state index contributed by atoms with van der Waals surface area (Å²) in [5.74, 6) is -8.23. The van der Waals surface area contributed by atoms with Crippen molar-refractivity contribution in [2.75, 3.05) is 103 Å². The van der Waals surface area contributed by atoms with E-state index in [0.717, 1.165) is 72.6 Å². The zero-order chi connectivity index (χ0) is 85.7.